The van der Waals surface area contributed by atoms with Crippen molar-refractivity contribution in [1.29, 1.82) is 0 Å². The van der Waals surface area contributed by atoms with E-state index in [4.69, 9.17) is 0 Å². The monoisotopic (exact) mass is 278 g/mol. The number of rotatable bonds is 6. The molecule has 0 aliphatic carbocycles. The largest absolute Gasteiger partial charge is 0.355 e. The molecule has 1 aromatic rings. The van der Waals surface area contributed by atoms with Crippen LogP contribution in [0.15, 0.2) is 24.3 Å². The molecule has 5 heteroatoms. The Morgan fingerprint density at radius 2 is 2.00 bits per heavy atom. The molecule has 0 aromatic heterocycles. The second kappa shape index (κ2) is 7.14. The van der Waals surface area contributed by atoms with Crippen molar-refractivity contribution in [3.8, 4) is 0 Å². The van der Waals surface area contributed by atoms with Crippen LogP contribution >= 0.6 is 0 Å². The van der Waals surface area contributed by atoms with Crippen molar-refractivity contribution < 1.29 is 14.0 Å². The summed E-state index contributed by atoms with van der Waals surface area (Å²) in [6, 6.07) is 5.74. The molecule has 1 saturated heterocycles. The molecule has 1 aromatic carbocycles. The molecule has 0 radical (unpaired) electrons. The Labute approximate surface area is 117 Å². The third kappa shape index (κ3) is 4.42. The van der Waals surface area contributed by atoms with Crippen molar-refractivity contribution in [2.24, 2.45) is 0 Å². The first-order valence-electron chi connectivity index (χ1n) is 6.94. The van der Waals surface area contributed by atoms with E-state index in [-0.39, 0.29) is 30.3 Å². The minimum atomic E-state index is -0.372. The zero-order valence-electron chi connectivity index (χ0n) is 11.3. The second-order valence-electron chi connectivity index (χ2n) is 5.03. The molecule has 0 spiro atoms. The van der Waals surface area contributed by atoms with Crippen LogP contribution in [0.2, 0.25) is 0 Å². The summed E-state index contributed by atoms with van der Waals surface area (Å²) in [5.74, 6) is -0.628. The van der Waals surface area contributed by atoms with Crippen molar-refractivity contribution >= 4 is 11.7 Å². The SMILES string of the molecule is O=C(CCC(=O)c1ccc(F)cc1)NCC1CCCN1. The van der Waals surface area contributed by atoms with E-state index in [2.05, 4.69) is 10.6 Å². The van der Waals surface area contributed by atoms with Crippen LogP contribution in [0.3, 0.4) is 0 Å². The van der Waals surface area contributed by atoms with Gasteiger partial charge in [-0.15, -0.1) is 0 Å². The van der Waals surface area contributed by atoms with E-state index < -0.39 is 0 Å². The quantitative estimate of drug-likeness (QED) is 0.778. The summed E-state index contributed by atoms with van der Waals surface area (Å²) in [6.07, 6.45) is 2.54. The molecule has 0 saturated carbocycles. The van der Waals surface area contributed by atoms with Gasteiger partial charge in [0.1, 0.15) is 5.82 Å². The summed E-state index contributed by atoms with van der Waals surface area (Å²) >= 11 is 0. The lowest BCUT2D eigenvalue weighted by Gasteiger charge is -2.11. The second-order valence-corrected chi connectivity index (χ2v) is 5.03. The van der Waals surface area contributed by atoms with Crippen molar-refractivity contribution in [3.63, 3.8) is 0 Å². The molecule has 1 fully saturated rings. The smallest absolute Gasteiger partial charge is 0.220 e. The lowest BCUT2D eigenvalue weighted by molar-refractivity contribution is -0.121. The molecular formula is C15H19FN2O2. The average molecular weight is 278 g/mol. The maximum absolute atomic E-state index is 12.7. The van der Waals surface area contributed by atoms with Crippen LogP contribution in [0.1, 0.15) is 36.0 Å². The van der Waals surface area contributed by atoms with E-state index in [0.717, 1.165) is 19.4 Å². The summed E-state index contributed by atoms with van der Waals surface area (Å²) in [5, 5.41) is 6.12. The van der Waals surface area contributed by atoms with Gasteiger partial charge in [-0.2, -0.15) is 0 Å². The number of halogens is 1. The molecule has 20 heavy (non-hydrogen) atoms. The van der Waals surface area contributed by atoms with Gasteiger partial charge in [0.15, 0.2) is 5.78 Å². The van der Waals surface area contributed by atoms with Gasteiger partial charge in [0, 0.05) is 31.0 Å². The van der Waals surface area contributed by atoms with E-state index in [1.807, 2.05) is 0 Å². The Bertz CT molecular complexity index is 467. The summed E-state index contributed by atoms with van der Waals surface area (Å²) in [6.45, 7) is 1.62. The normalized spacial score (nSPS) is 17.9. The number of hydrogen-bond donors (Lipinski definition) is 2. The zero-order valence-corrected chi connectivity index (χ0v) is 11.3. The highest BCUT2D eigenvalue weighted by molar-refractivity contribution is 5.97. The van der Waals surface area contributed by atoms with Gasteiger partial charge in [-0.25, -0.2) is 4.39 Å². The topological polar surface area (TPSA) is 58.2 Å². The standard InChI is InChI=1S/C15H19FN2O2/c16-12-5-3-11(4-6-12)14(19)7-8-15(20)18-10-13-2-1-9-17-13/h3-6,13,17H,1-2,7-10H2,(H,18,20). The highest BCUT2D eigenvalue weighted by atomic mass is 19.1. The van der Waals surface area contributed by atoms with Gasteiger partial charge in [-0.05, 0) is 43.7 Å². The third-order valence-corrected chi connectivity index (χ3v) is 3.45. The highest BCUT2D eigenvalue weighted by Gasteiger charge is 2.15. The van der Waals surface area contributed by atoms with Crippen LogP contribution in [0.4, 0.5) is 4.39 Å². The number of benzene rings is 1. The molecule has 1 aliphatic rings. The number of Topliss-reactive ketones (excluding diaryl/α,β-unsaturated/α-hetero) is 1. The number of carbonyl (C=O) groups is 2. The first-order chi connectivity index (χ1) is 9.65. The summed E-state index contributed by atoms with van der Waals surface area (Å²) in [5.41, 5.74) is 0.441. The Kier molecular flexibility index (Phi) is 5.24. The third-order valence-electron chi connectivity index (χ3n) is 3.45. The Morgan fingerprint density at radius 3 is 2.65 bits per heavy atom. The summed E-state index contributed by atoms with van der Waals surface area (Å²) in [4.78, 5) is 23.4. The minimum Gasteiger partial charge on any atom is -0.355 e. The van der Waals surface area contributed by atoms with Crippen LogP contribution in [-0.2, 0) is 4.79 Å². The molecule has 1 atom stereocenters. The molecule has 1 heterocycles. The number of amides is 1. The number of hydrogen-bond acceptors (Lipinski definition) is 3. The number of carbonyl (C=O) groups excluding carboxylic acids is 2. The zero-order chi connectivity index (χ0) is 14.4. The van der Waals surface area contributed by atoms with Gasteiger partial charge in [0.2, 0.25) is 5.91 Å². The van der Waals surface area contributed by atoms with Crippen molar-refractivity contribution in [2.75, 3.05) is 13.1 Å². The van der Waals surface area contributed by atoms with Crippen molar-refractivity contribution in [3.05, 3.63) is 35.6 Å². The predicted molar refractivity (Wildman–Crippen MR) is 74.0 cm³/mol. The predicted octanol–water partition coefficient (Wildman–Crippen LogP) is 1.66. The fourth-order valence-electron chi connectivity index (χ4n) is 2.26. The molecule has 1 aliphatic heterocycles. The van der Waals surface area contributed by atoms with Crippen LogP contribution in [-0.4, -0.2) is 30.8 Å². The van der Waals surface area contributed by atoms with Crippen molar-refractivity contribution in [1.82, 2.24) is 10.6 Å². The van der Waals surface area contributed by atoms with Gasteiger partial charge in [0.25, 0.3) is 0 Å². The molecule has 1 unspecified atom stereocenters. The van der Waals surface area contributed by atoms with Gasteiger partial charge in [0.05, 0.1) is 0 Å². The van der Waals surface area contributed by atoms with Gasteiger partial charge >= 0.3 is 0 Å². The number of ketones is 1. The van der Waals surface area contributed by atoms with Gasteiger partial charge < -0.3 is 10.6 Å². The van der Waals surface area contributed by atoms with Crippen LogP contribution < -0.4 is 10.6 Å². The van der Waals surface area contributed by atoms with E-state index in [1.54, 1.807) is 0 Å². The molecule has 2 rings (SSSR count). The molecule has 0 bridgehead atoms. The maximum atomic E-state index is 12.7. The van der Waals surface area contributed by atoms with Gasteiger partial charge in [-0.1, -0.05) is 0 Å². The van der Waals surface area contributed by atoms with E-state index in [9.17, 15) is 14.0 Å². The minimum absolute atomic E-state index is 0.117. The molecule has 1 amide bonds. The fourth-order valence-corrected chi connectivity index (χ4v) is 2.26. The molecule has 108 valence electrons. The molecule has 4 nitrogen and oxygen atoms in total. The molecule has 2 N–H and O–H groups in total. The lowest BCUT2D eigenvalue weighted by Crippen LogP contribution is -2.37. The molecular weight excluding hydrogens is 259 g/mol. The van der Waals surface area contributed by atoms with Crippen molar-refractivity contribution in [2.45, 2.75) is 31.7 Å². The summed E-state index contributed by atoms with van der Waals surface area (Å²) in [7, 11) is 0. The lowest BCUT2D eigenvalue weighted by atomic mass is 10.1. The Balaban J connectivity index is 1.69. The Morgan fingerprint density at radius 1 is 1.25 bits per heavy atom. The van der Waals surface area contributed by atoms with Crippen LogP contribution in [0.5, 0.6) is 0 Å². The van der Waals surface area contributed by atoms with Gasteiger partial charge in [-0.3, -0.25) is 9.59 Å². The average Bonchev–Trinajstić information content (AvgIpc) is 2.96. The van der Waals surface area contributed by atoms with Crippen LogP contribution in [0, 0.1) is 5.82 Å². The number of nitrogens with one attached hydrogen (secondary N) is 2. The first-order valence-corrected chi connectivity index (χ1v) is 6.94. The van der Waals surface area contributed by atoms with E-state index in [0.29, 0.717) is 18.2 Å². The van der Waals surface area contributed by atoms with E-state index >= 15 is 0 Å². The highest BCUT2D eigenvalue weighted by Crippen LogP contribution is 2.07. The fraction of sp³-hybridized carbons (Fsp3) is 0.467. The Hall–Kier alpha value is -1.75. The first kappa shape index (κ1) is 14.7. The maximum Gasteiger partial charge on any atom is 0.220 e. The van der Waals surface area contributed by atoms with E-state index in [1.165, 1.54) is 24.3 Å². The summed E-state index contributed by atoms with van der Waals surface area (Å²) < 4.78 is 12.7. The van der Waals surface area contributed by atoms with Crippen LogP contribution in [0.25, 0.3) is 0 Å².